The molecule has 0 bridgehead atoms. The number of ketones is 1. The van der Waals surface area contributed by atoms with E-state index in [-0.39, 0.29) is 17.1 Å². The van der Waals surface area contributed by atoms with E-state index < -0.39 is 0 Å². The van der Waals surface area contributed by atoms with Crippen LogP contribution in [0.25, 0.3) is 12.2 Å². The Morgan fingerprint density at radius 1 is 0.875 bits per heavy atom. The summed E-state index contributed by atoms with van der Waals surface area (Å²) in [5, 5.41) is 0. The number of rotatable bonds is 7. The second kappa shape index (κ2) is 10.8. The number of allylic oxidation sites excluding steroid dienone is 2. The fraction of sp³-hybridized carbons (Fsp3) is 0.649. The molecule has 4 aliphatic rings. The van der Waals surface area contributed by atoms with Crippen LogP contribution in [0.5, 0.6) is 0 Å². The summed E-state index contributed by atoms with van der Waals surface area (Å²) < 4.78 is 11.4. The van der Waals surface area contributed by atoms with Gasteiger partial charge in [0.15, 0.2) is 5.78 Å². The van der Waals surface area contributed by atoms with Gasteiger partial charge in [0.2, 0.25) is 0 Å². The molecule has 3 nitrogen and oxygen atoms in total. The van der Waals surface area contributed by atoms with Crippen molar-refractivity contribution in [2.45, 2.75) is 98.8 Å². The number of fused-ring (bicyclic) bond motifs is 5. The Labute approximate surface area is 241 Å². The molecule has 3 heteroatoms. The lowest BCUT2D eigenvalue weighted by molar-refractivity contribution is -0.123. The average Bonchev–Trinajstić information content (AvgIpc) is 3.67. The first-order valence-electron chi connectivity index (χ1n) is 16.2. The first-order chi connectivity index (χ1) is 19.2. The first kappa shape index (κ1) is 27.9. The summed E-state index contributed by atoms with van der Waals surface area (Å²) in [6, 6.07) is 7.75. The smallest absolute Gasteiger partial charge is 0.185 e. The summed E-state index contributed by atoms with van der Waals surface area (Å²) in [6.45, 7) is 12.5. The maximum absolute atomic E-state index is 14.0. The van der Waals surface area contributed by atoms with Crippen molar-refractivity contribution in [2.24, 2.45) is 52.3 Å². The monoisotopic (exact) mass is 542 g/mol. The summed E-state index contributed by atoms with van der Waals surface area (Å²) >= 11 is 0. The van der Waals surface area contributed by atoms with Gasteiger partial charge in [-0.05, 0) is 134 Å². The number of carbonyl (C=O) groups excluding carboxylic acids is 1. The highest BCUT2D eigenvalue weighted by Crippen LogP contribution is 2.69. The van der Waals surface area contributed by atoms with Gasteiger partial charge in [-0.3, -0.25) is 4.79 Å². The van der Waals surface area contributed by atoms with Crippen LogP contribution in [0.3, 0.4) is 0 Å². The number of hydrogen-bond donors (Lipinski definition) is 0. The van der Waals surface area contributed by atoms with Gasteiger partial charge in [0, 0.05) is 11.1 Å². The van der Waals surface area contributed by atoms with Crippen molar-refractivity contribution in [1.82, 2.24) is 0 Å². The van der Waals surface area contributed by atoms with E-state index in [4.69, 9.17) is 8.83 Å². The summed E-state index contributed by atoms with van der Waals surface area (Å²) in [5.74, 6) is 6.80. The molecule has 0 unspecified atom stereocenters. The van der Waals surface area contributed by atoms with Crippen molar-refractivity contribution in [1.29, 1.82) is 0 Å². The van der Waals surface area contributed by atoms with E-state index in [2.05, 4.69) is 40.7 Å². The zero-order valence-electron chi connectivity index (χ0n) is 25.5. The van der Waals surface area contributed by atoms with E-state index in [0.717, 1.165) is 65.1 Å². The third-order valence-electron chi connectivity index (χ3n) is 12.3. The Morgan fingerprint density at radius 3 is 2.25 bits per heavy atom. The fourth-order valence-electron chi connectivity index (χ4n) is 10.4. The number of carbonyl (C=O) groups is 1. The van der Waals surface area contributed by atoms with E-state index in [1.807, 2.05) is 30.3 Å². The standard InChI is InChI=1S/C37H50O3/c1-24(2)9-6-10-25(3)31-15-16-32-29-13-14-33-30(22-28-12-8-20-40-28)35(38)26(21-27-11-7-19-39-27)23-37(33,5)34(29)17-18-36(31,32)4/h7-8,11-12,19-22,24-25,29,31-34H,6,9-10,13-18,23H2,1-5H3/b26-21-,30-22-/t25-,29+,31+,32-,33+,34+,36+,37+/m1/s1. The van der Waals surface area contributed by atoms with Crippen LogP contribution in [-0.2, 0) is 4.79 Å². The highest BCUT2D eigenvalue weighted by atomic mass is 16.3. The second-order valence-corrected chi connectivity index (χ2v) is 14.8. The molecule has 216 valence electrons. The lowest BCUT2D eigenvalue weighted by atomic mass is 9.43. The highest BCUT2D eigenvalue weighted by molar-refractivity contribution is 6.14. The van der Waals surface area contributed by atoms with Crippen LogP contribution in [0.4, 0.5) is 0 Å². The van der Waals surface area contributed by atoms with Crippen LogP contribution >= 0.6 is 0 Å². The third-order valence-corrected chi connectivity index (χ3v) is 12.3. The molecule has 0 spiro atoms. The maximum atomic E-state index is 14.0. The van der Waals surface area contributed by atoms with Crippen LogP contribution in [0.2, 0.25) is 0 Å². The first-order valence-corrected chi connectivity index (χ1v) is 16.2. The van der Waals surface area contributed by atoms with Crippen molar-refractivity contribution in [3.8, 4) is 0 Å². The van der Waals surface area contributed by atoms with E-state index in [9.17, 15) is 4.79 Å². The SMILES string of the molecule is CC(C)CCC[C@@H](C)[C@@H]1CC[C@@H]2[C@@H]3CC[C@H]4/C(=C/c5ccco5)C(=O)/C(=C\c5ccco5)C[C@]4(C)[C@H]3CC[C@]21C. The van der Waals surface area contributed by atoms with Crippen LogP contribution < -0.4 is 0 Å². The second-order valence-electron chi connectivity index (χ2n) is 14.8. The van der Waals surface area contributed by atoms with Gasteiger partial charge in [-0.25, -0.2) is 0 Å². The van der Waals surface area contributed by atoms with Crippen molar-refractivity contribution in [3.63, 3.8) is 0 Å². The zero-order chi connectivity index (χ0) is 28.1. The molecule has 6 rings (SSSR count). The predicted molar refractivity (Wildman–Crippen MR) is 162 cm³/mol. The lowest BCUT2D eigenvalue weighted by Gasteiger charge is -2.61. The minimum Gasteiger partial charge on any atom is -0.465 e. The molecule has 0 amide bonds. The molecular formula is C37H50O3. The Morgan fingerprint density at radius 2 is 1.57 bits per heavy atom. The molecular weight excluding hydrogens is 492 g/mol. The quantitative estimate of drug-likeness (QED) is 0.327. The topological polar surface area (TPSA) is 43.4 Å². The molecule has 40 heavy (non-hydrogen) atoms. The van der Waals surface area contributed by atoms with Crippen LogP contribution in [0.1, 0.15) is 110 Å². The normalized spacial score (nSPS) is 38.5. The lowest BCUT2D eigenvalue weighted by Crippen LogP contribution is -2.54. The fourth-order valence-corrected chi connectivity index (χ4v) is 10.4. The van der Waals surface area contributed by atoms with Crippen molar-refractivity contribution >= 4 is 17.9 Å². The minimum atomic E-state index is 0.0793. The molecule has 0 aliphatic heterocycles. The summed E-state index contributed by atoms with van der Waals surface area (Å²) in [7, 11) is 0. The molecule has 2 aromatic heterocycles. The predicted octanol–water partition coefficient (Wildman–Crippen LogP) is 10.2. The van der Waals surface area contributed by atoms with Gasteiger partial charge in [-0.1, -0.05) is 53.9 Å². The maximum Gasteiger partial charge on any atom is 0.185 e. The van der Waals surface area contributed by atoms with E-state index in [0.29, 0.717) is 11.3 Å². The number of Topliss-reactive ketones (excluding diaryl/α,β-unsaturated/α-hetero) is 1. The Balaban J connectivity index is 1.30. The van der Waals surface area contributed by atoms with Gasteiger partial charge in [0.1, 0.15) is 11.5 Å². The van der Waals surface area contributed by atoms with Crippen molar-refractivity contribution in [2.75, 3.05) is 0 Å². The molecule has 4 fully saturated rings. The molecule has 2 aromatic rings. The molecule has 0 saturated heterocycles. The molecule has 8 atom stereocenters. The third kappa shape index (κ3) is 4.80. The minimum absolute atomic E-state index is 0.0793. The summed E-state index contributed by atoms with van der Waals surface area (Å²) in [4.78, 5) is 14.0. The molecule has 0 aromatic carbocycles. The van der Waals surface area contributed by atoms with Crippen LogP contribution in [-0.4, -0.2) is 5.78 Å². The van der Waals surface area contributed by atoms with Crippen molar-refractivity contribution < 1.29 is 13.6 Å². The molecule has 0 N–H and O–H groups in total. The van der Waals surface area contributed by atoms with Gasteiger partial charge in [0.25, 0.3) is 0 Å². The molecule has 0 radical (unpaired) electrons. The Kier molecular flexibility index (Phi) is 7.55. The van der Waals surface area contributed by atoms with E-state index in [1.165, 1.54) is 51.4 Å². The van der Waals surface area contributed by atoms with Gasteiger partial charge < -0.3 is 8.83 Å². The van der Waals surface area contributed by atoms with E-state index in [1.54, 1.807) is 12.5 Å². The number of hydrogen-bond acceptors (Lipinski definition) is 3. The Bertz CT molecular complexity index is 1230. The zero-order valence-corrected chi connectivity index (χ0v) is 25.5. The van der Waals surface area contributed by atoms with Gasteiger partial charge in [0.05, 0.1) is 12.5 Å². The van der Waals surface area contributed by atoms with E-state index >= 15 is 0 Å². The molecule has 2 heterocycles. The van der Waals surface area contributed by atoms with Crippen LogP contribution in [0.15, 0.2) is 56.8 Å². The van der Waals surface area contributed by atoms with Gasteiger partial charge in [-0.2, -0.15) is 0 Å². The van der Waals surface area contributed by atoms with Crippen molar-refractivity contribution in [3.05, 3.63) is 59.5 Å². The molecule has 4 aliphatic carbocycles. The van der Waals surface area contributed by atoms with Gasteiger partial charge >= 0.3 is 0 Å². The summed E-state index contributed by atoms with van der Waals surface area (Å²) in [6.07, 6.45) is 20.3. The summed E-state index contributed by atoms with van der Waals surface area (Å²) in [5.41, 5.74) is 2.42. The molecule has 4 saturated carbocycles. The van der Waals surface area contributed by atoms with Gasteiger partial charge in [-0.15, -0.1) is 0 Å². The largest absolute Gasteiger partial charge is 0.465 e. The Hall–Kier alpha value is -2.29. The van der Waals surface area contributed by atoms with Crippen LogP contribution in [0, 0.1) is 52.3 Å². The highest BCUT2D eigenvalue weighted by Gasteiger charge is 2.61. The average molecular weight is 543 g/mol. The number of furan rings is 2.